The smallest absolute Gasteiger partial charge is 0.234 e. The van der Waals surface area contributed by atoms with Crippen LogP contribution in [0.5, 0.6) is 5.75 Å². The Kier molecular flexibility index (Phi) is 5.09. The first-order valence-corrected chi connectivity index (χ1v) is 11.5. The average molecular weight is 408 g/mol. The first-order chi connectivity index (χ1) is 13.6. The Hall–Kier alpha value is -1.19. The van der Waals surface area contributed by atoms with Crippen molar-refractivity contribution in [1.29, 1.82) is 0 Å². The molecule has 3 heterocycles. The fraction of sp³-hybridized carbons (Fsp3) is 0.700. The fourth-order valence-electron chi connectivity index (χ4n) is 4.74. The molecule has 1 N–H and O–H groups in total. The van der Waals surface area contributed by atoms with E-state index in [0.717, 1.165) is 62.1 Å². The highest BCUT2D eigenvalue weighted by Crippen LogP contribution is 2.40. The molecule has 1 atom stereocenters. The average Bonchev–Trinajstić information content (AvgIpc) is 2.68. The molecule has 3 aliphatic heterocycles. The lowest BCUT2D eigenvalue weighted by Gasteiger charge is -2.47. The highest BCUT2D eigenvalue weighted by atomic mass is 32.2. The molecule has 1 aliphatic carbocycles. The van der Waals surface area contributed by atoms with Gasteiger partial charge in [-0.2, -0.15) is 4.31 Å². The molecule has 1 saturated carbocycles. The lowest BCUT2D eigenvalue weighted by Crippen LogP contribution is -2.54. The van der Waals surface area contributed by atoms with Crippen LogP contribution in [-0.2, 0) is 22.6 Å². The summed E-state index contributed by atoms with van der Waals surface area (Å²) in [4.78, 5) is 4.87. The summed E-state index contributed by atoms with van der Waals surface area (Å²) in [5.41, 5.74) is 2.22. The Morgan fingerprint density at radius 3 is 2.46 bits per heavy atom. The molecule has 8 heteroatoms. The zero-order valence-electron chi connectivity index (χ0n) is 16.2. The Labute approximate surface area is 169 Å². The van der Waals surface area contributed by atoms with Gasteiger partial charge in [0.15, 0.2) is 0 Å². The van der Waals surface area contributed by atoms with Crippen LogP contribution in [0.3, 0.4) is 0 Å². The van der Waals surface area contributed by atoms with Crippen LogP contribution in [0.1, 0.15) is 37.7 Å². The van der Waals surface area contributed by atoms with Gasteiger partial charge in [0.2, 0.25) is 17.1 Å². The van der Waals surface area contributed by atoms with E-state index in [1.807, 2.05) is 0 Å². The molecule has 7 nitrogen and oxygen atoms in total. The second-order valence-corrected chi connectivity index (χ2v) is 9.34. The van der Waals surface area contributed by atoms with E-state index >= 15 is 0 Å². The SMILES string of the molecule is O=S(O)N1CCN(c2ccc3c(c2)COC2(CCN(C4CCC4)CC2)O3)CC1. The van der Waals surface area contributed by atoms with Gasteiger partial charge in [-0.25, -0.2) is 4.21 Å². The predicted octanol–water partition coefficient (Wildman–Crippen LogP) is 2.20. The third-order valence-electron chi connectivity index (χ3n) is 6.81. The molecular weight excluding hydrogens is 378 g/mol. The van der Waals surface area contributed by atoms with Crippen LogP contribution >= 0.6 is 0 Å². The van der Waals surface area contributed by atoms with E-state index in [1.54, 1.807) is 4.31 Å². The van der Waals surface area contributed by atoms with Crippen molar-refractivity contribution in [2.75, 3.05) is 44.2 Å². The fourth-order valence-corrected chi connectivity index (χ4v) is 5.22. The number of likely N-dealkylation sites (tertiary alicyclic amines) is 1. The minimum absolute atomic E-state index is 0.453. The van der Waals surface area contributed by atoms with Crippen LogP contribution in [0.15, 0.2) is 18.2 Å². The van der Waals surface area contributed by atoms with Crippen molar-refractivity contribution in [3.63, 3.8) is 0 Å². The number of nitrogens with zero attached hydrogens (tertiary/aromatic N) is 3. The zero-order valence-corrected chi connectivity index (χ0v) is 17.0. The van der Waals surface area contributed by atoms with Crippen molar-refractivity contribution in [2.45, 2.75) is 50.5 Å². The largest absolute Gasteiger partial charge is 0.462 e. The van der Waals surface area contributed by atoms with Gasteiger partial charge in [0.05, 0.1) is 6.61 Å². The molecule has 0 amide bonds. The zero-order chi connectivity index (χ0) is 19.1. The van der Waals surface area contributed by atoms with E-state index in [2.05, 4.69) is 28.0 Å². The molecule has 1 aromatic carbocycles. The standard InChI is InChI=1S/C20H29N3O4S/c24-28(25)23-12-10-22(11-13-23)18-4-5-19-16(14-18)15-26-20(27-19)6-8-21(9-7-20)17-2-1-3-17/h4-5,14,17H,1-3,6-13,15H2,(H,24,25). The molecule has 1 unspecified atom stereocenters. The third-order valence-corrected chi connectivity index (χ3v) is 7.61. The second-order valence-electron chi connectivity index (χ2n) is 8.36. The van der Waals surface area contributed by atoms with E-state index < -0.39 is 17.1 Å². The Morgan fingerprint density at radius 1 is 1.07 bits per heavy atom. The number of ether oxygens (including phenoxy) is 2. The molecule has 0 radical (unpaired) electrons. The van der Waals surface area contributed by atoms with Crippen molar-refractivity contribution < 1.29 is 18.2 Å². The van der Waals surface area contributed by atoms with E-state index in [4.69, 9.17) is 9.47 Å². The molecule has 0 bridgehead atoms. The monoisotopic (exact) mass is 407 g/mol. The van der Waals surface area contributed by atoms with Crippen molar-refractivity contribution in [2.24, 2.45) is 0 Å². The molecule has 1 aromatic rings. The van der Waals surface area contributed by atoms with Crippen LogP contribution in [0.25, 0.3) is 0 Å². The summed E-state index contributed by atoms with van der Waals surface area (Å²) in [5, 5.41) is 0. The van der Waals surface area contributed by atoms with Gasteiger partial charge >= 0.3 is 0 Å². The number of benzene rings is 1. The maximum atomic E-state index is 11.2. The number of anilines is 1. The van der Waals surface area contributed by atoms with Crippen LogP contribution in [0.4, 0.5) is 5.69 Å². The van der Waals surface area contributed by atoms with Gasteiger partial charge in [0.25, 0.3) is 0 Å². The van der Waals surface area contributed by atoms with E-state index in [1.165, 1.54) is 19.3 Å². The van der Waals surface area contributed by atoms with Crippen molar-refractivity contribution >= 4 is 17.0 Å². The molecule has 28 heavy (non-hydrogen) atoms. The van der Waals surface area contributed by atoms with E-state index in [-0.39, 0.29) is 0 Å². The number of hydrogen-bond acceptors (Lipinski definition) is 5. The van der Waals surface area contributed by atoms with E-state index in [0.29, 0.717) is 19.7 Å². The summed E-state index contributed by atoms with van der Waals surface area (Å²) in [6.45, 7) is 5.39. The third kappa shape index (κ3) is 3.57. The maximum Gasteiger partial charge on any atom is 0.234 e. The quantitative estimate of drug-likeness (QED) is 0.775. The van der Waals surface area contributed by atoms with Crippen molar-refractivity contribution in [3.8, 4) is 5.75 Å². The lowest BCUT2D eigenvalue weighted by molar-refractivity contribution is -0.231. The summed E-state index contributed by atoms with van der Waals surface area (Å²) in [6.07, 6.45) is 5.95. The highest BCUT2D eigenvalue weighted by molar-refractivity contribution is 7.76. The minimum Gasteiger partial charge on any atom is -0.462 e. The second kappa shape index (κ2) is 7.57. The van der Waals surface area contributed by atoms with Crippen LogP contribution in [0, 0.1) is 0 Å². The first kappa shape index (κ1) is 18.8. The Bertz CT molecular complexity index is 741. The summed E-state index contributed by atoms with van der Waals surface area (Å²) < 4.78 is 34.6. The van der Waals surface area contributed by atoms with Gasteiger partial charge in [-0.05, 0) is 31.0 Å². The van der Waals surface area contributed by atoms with Gasteiger partial charge in [-0.3, -0.25) is 9.45 Å². The molecule has 1 spiro atoms. The summed E-state index contributed by atoms with van der Waals surface area (Å²) in [5.74, 6) is 0.494. The highest BCUT2D eigenvalue weighted by Gasteiger charge is 2.42. The number of piperazine rings is 1. The van der Waals surface area contributed by atoms with Gasteiger partial charge in [-0.15, -0.1) is 0 Å². The molecule has 0 aromatic heterocycles. The minimum atomic E-state index is -1.87. The van der Waals surface area contributed by atoms with Crippen molar-refractivity contribution in [1.82, 2.24) is 9.21 Å². The number of hydrogen-bond donors (Lipinski definition) is 1. The molecule has 154 valence electrons. The molecule has 4 aliphatic rings. The van der Waals surface area contributed by atoms with Crippen LogP contribution in [-0.4, -0.2) is 69.1 Å². The molecular formula is C20H29N3O4S. The molecule has 5 rings (SSSR count). The van der Waals surface area contributed by atoms with Gasteiger partial charge in [-0.1, -0.05) is 6.42 Å². The van der Waals surface area contributed by atoms with Gasteiger partial charge in [0, 0.05) is 69.4 Å². The summed E-state index contributed by atoms with van der Waals surface area (Å²) >= 11 is -1.87. The lowest BCUT2D eigenvalue weighted by atomic mass is 9.89. The Balaban J connectivity index is 1.22. The maximum absolute atomic E-state index is 11.2. The molecule has 3 fully saturated rings. The normalized spacial score (nSPS) is 27.1. The van der Waals surface area contributed by atoms with E-state index in [9.17, 15) is 8.76 Å². The molecule has 2 saturated heterocycles. The Morgan fingerprint density at radius 2 is 1.82 bits per heavy atom. The van der Waals surface area contributed by atoms with Gasteiger partial charge in [0.1, 0.15) is 5.75 Å². The van der Waals surface area contributed by atoms with Gasteiger partial charge < -0.3 is 14.4 Å². The summed E-state index contributed by atoms with van der Waals surface area (Å²) in [6, 6.07) is 7.12. The topological polar surface area (TPSA) is 65.5 Å². The van der Waals surface area contributed by atoms with Crippen molar-refractivity contribution in [3.05, 3.63) is 23.8 Å². The summed E-state index contributed by atoms with van der Waals surface area (Å²) in [7, 11) is 0. The first-order valence-electron chi connectivity index (χ1n) is 10.4. The van der Waals surface area contributed by atoms with Crippen LogP contribution in [0.2, 0.25) is 0 Å². The number of rotatable bonds is 3. The predicted molar refractivity (Wildman–Crippen MR) is 108 cm³/mol. The van der Waals surface area contributed by atoms with Crippen LogP contribution < -0.4 is 9.64 Å². The number of fused-ring (bicyclic) bond motifs is 1. The number of piperidine rings is 1.